The molecule has 0 radical (unpaired) electrons. The Morgan fingerprint density at radius 2 is 1.76 bits per heavy atom. The summed E-state index contributed by atoms with van der Waals surface area (Å²) in [6.07, 6.45) is 4.76. The number of hydrogen-bond acceptors (Lipinski definition) is 5. The summed E-state index contributed by atoms with van der Waals surface area (Å²) >= 11 is 0. The van der Waals surface area contributed by atoms with Crippen LogP contribution in [0.25, 0.3) is 0 Å². The van der Waals surface area contributed by atoms with E-state index in [-0.39, 0.29) is 12.1 Å². The number of piperidine rings is 1. The molecule has 1 aromatic heterocycles. The number of likely N-dealkylation sites (tertiary alicyclic amines) is 1. The molecule has 0 atom stereocenters. The van der Waals surface area contributed by atoms with Crippen molar-refractivity contribution in [3.63, 3.8) is 0 Å². The highest BCUT2D eigenvalue weighted by Crippen LogP contribution is 2.40. The molecule has 0 spiro atoms. The van der Waals surface area contributed by atoms with Crippen LogP contribution in [0.5, 0.6) is 5.75 Å². The molecule has 5 nitrogen and oxygen atoms in total. The van der Waals surface area contributed by atoms with Gasteiger partial charge >= 0.3 is 6.18 Å². The van der Waals surface area contributed by atoms with Gasteiger partial charge in [0.15, 0.2) is 6.19 Å². The summed E-state index contributed by atoms with van der Waals surface area (Å²) in [5, 5.41) is 9.13. The number of nitriles is 1. The molecule has 0 bridgehead atoms. The van der Waals surface area contributed by atoms with E-state index >= 15 is 0 Å². The van der Waals surface area contributed by atoms with E-state index < -0.39 is 11.7 Å². The minimum absolute atomic E-state index is 0.0297. The van der Waals surface area contributed by atoms with E-state index in [0.29, 0.717) is 37.4 Å². The standard InChI is InChI=1S/C21H21F3N4O/c22-21(23,24)15-1-3-16(4-2-15)28(17-8-11-27(14-25)12-9-17)19-13-26-10-7-20(19)29-18-5-6-18/h1-4,7,10,13,17-18H,5-6,8-9,11-12H2. The number of halogens is 3. The number of pyridine rings is 1. The predicted octanol–water partition coefficient (Wildman–Crippen LogP) is 4.73. The molecule has 1 aromatic carbocycles. The molecule has 1 saturated carbocycles. The molecule has 8 heteroatoms. The van der Waals surface area contributed by atoms with Crippen LogP contribution < -0.4 is 9.64 Å². The van der Waals surface area contributed by atoms with Crippen LogP contribution in [-0.2, 0) is 6.18 Å². The topological polar surface area (TPSA) is 52.4 Å². The van der Waals surface area contributed by atoms with Crippen molar-refractivity contribution < 1.29 is 17.9 Å². The highest BCUT2D eigenvalue weighted by molar-refractivity contribution is 5.69. The summed E-state index contributed by atoms with van der Waals surface area (Å²) in [5.74, 6) is 0.685. The number of ether oxygens (including phenoxy) is 1. The lowest BCUT2D eigenvalue weighted by Gasteiger charge is -2.38. The normalized spacial score (nSPS) is 17.7. The van der Waals surface area contributed by atoms with Crippen LogP contribution >= 0.6 is 0 Å². The second-order valence-corrected chi connectivity index (χ2v) is 7.39. The maximum Gasteiger partial charge on any atom is 0.416 e. The quantitative estimate of drug-likeness (QED) is 0.677. The molecule has 2 fully saturated rings. The van der Waals surface area contributed by atoms with Gasteiger partial charge in [0.25, 0.3) is 0 Å². The van der Waals surface area contributed by atoms with Crippen LogP contribution in [0, 0.1) is 11.5 Å². The number of anilines is 2. The van der Waals surface area contributed by atoms with E-state index in [9.17, 15) is 13.2 Å². The van der Waals surface area contributed by atoms with Crippen molar-refractivity contribution in [3.8, 4) is 11.9 Å². The molecule has 0 N–H and O–H groups in total. The van der Waals surface area contributed by atoms with Crippen LogP contribution in [0.4, 0.5) is 24.5 Å². The highest BCUT2D eigenvalue weighted by atomic mass is 19.4. The van der Waals surface area contributed by atoms with Crippen molar-refractivity contribution >= 4 is 11.4 Å². The van der Waals surface area contributed by atoms with Crippen LogP contribution in [-0.4, -0.2) is 35.1 Å². The van der Waals surface area contributed by atoms with Crippen molar-refractivity contribution in [2.75, 3.05) is 18.0 Å². The molecule has 0 amide bonds. The fourth-order valence-corrected chi connectivity index (χ4v) is 3.60. The molecule has 152 valence electrons. The first-order valence-corrected chi connectivity index (χ1v) is 9.67. The molecule has 2 aliphatic rings. The van der Waals surface area contributed by atoms with Crippen molar-refractivity contribution in [1.82, 2.24) is 9.88 Å². The molecule has 1 saturated heterocycles. The number of alkyl halides is 3. The molecule has 1 aliphatic carbocycles. The van der Waals surface area contributed by atoms with E-state index in [1.165, 1.54) is 12.1 Å². The maximum absolute atomic E-state index is 13.0. The van der Waals surface area contributed by atoms with Crippen LogP contribution in [0.3, 0.4) is 0 Å². The average molecular weight is 402 g/mol. The summed E-state index contributed by atoms with van der Waals surface area (Å²) in [6, 6.07) is 7.02. The fraction of sp³-hybridized carbons (Fsp3) is 0.429. The Hall–Kier alpha value is -2.95. The molecule has 29 heavy (non-hydrogen) atoms. The average Bonchev–Trinajstić information content (AvgIpc) is 3.54. The summed E-state index contributed by atoms with van der Waals surface area (Å²) < 4.78 is 45.1. The Bertz CT molecular complexity index is 882. The molecule has 2 heterocycles. The van der Waals surface area contributed by atoms with E-state index in [0.717, 1.165) is 30.7 Å². The third kappa shape index (κ3) is 4.39. The van der Waals surface area contributed by atoms with E-state index in [1.54, 1.807) is 23.4 Å². The van der Waals surface area contributed by atoms with E-state index in [1.807, 2.05) is 4.90 Å². The molecule has 2 aromatic rings. The van der Waals surface area contributed by atoms with Gasteiger partial charge in [-0.25, -0.2) is 0 Å². The third-order valence-corrected chi connectivity index (χ3v) is 5.28. The van der Waals surface area contributed by atoms with Crippen LogP contribution in [0.1, 0.15) is 31.2 Å². The number of hydrogen-bond donors (Lipinski definition) is 0. The highest BCUT2D eigenvalue weighted by Gasteiger charge is 2.33. The largest absolute Gasteiger partial charge is 0.488 e. The van der Waals surface area contributed by atoms with Gasteiger partial charge in [-0.15, -0.1) is 0 Å². The Morgan fingerprint density at radius 3 is 2.34 bits per heavy atom. The summed E-state index contributed by atoms with van der Waals surface area (Å²) in [4.78, 5) is 7.95. The number of rotatable bonds is 5. The first kappa shape index (κ1) is 19.4. The Balaban J connectivity index is 1.69. The smallest absolute Gasteiger partial charge is 0.416 e. The Morgan fingerprint density at radius 1 is 1.07 bits per heavy atom. The van der Waals surface area contributed by atoms with Crippen molar-refractivity contribution in [2.45, 2.75) is 44.0 Å². The fourth-order valence-electron chi connectivity index (χ4n) is 3.60. The first-order chi connectivity index (χ1) is 14.0. The zero-order chi connectivity index (χ0) is 20.4. The zero-order valence-corrected chi connectivity index (χ0v) is 15.8. The lowest BCUT2D eigenvalue weighted by molar-refractivity contribution is -0.137. The number of nitrogens with zero attached hydrogens (tertiary/aromatic N) is 4. The summed E-state index contributed by atoms with van der Waals surface area (Å²) in [6.45, 7) is 1.22. The van der Waals surface area contributed by atoms with Gasteiger partial charge in [-0.2, -0.15) is 18.4 Å². The van der Waals surface area contributed by atoms with Gasteiger partial charge in [-0.05, 0) is 49.9 Å². The van der Waals surface area contributed by atoms with Crippen molar-refractivity contribution in [1.29, 1.82) is 5.26 Å². The van der Waals surface area contributed by atoms with E-state index in [2.05, 4.69) is 11.2 Å². The SMILES string of the molecule is N#CN1CCC(N(c2ccc(C(F)(F)F)cc2)c2cnccc2OC2CC2)CC1. The zero-order valence-electron chi connectivity index (χ0n) is 15.8. The molecular formula is C21H21F3N4O. The second kappa shape index (κ2) is 7.82. The van der Waals surface area contributed by atoms with Crippen molar-refractivity contribution in [2.24, 2.45) is 0 Å². The van der Waals surface area contributed by atoms with Crippen molar-refractivity contribution in [3.05, 3.63) is 48.3 Å². The van der Waals surface area contributed by atoms with Gasteiger partial charge in [-0.1, -0.05) is 0 Å². The third-order valence-electron chi connectivity index (χ3n) is 5.28. The predicted molar refractivity (Wildman–Crippen MR) is 102 cm³/mol. The second-order valence-electron chi connectivity index (χ2n) is 7.39. The van der Waals surface area contributed by atoms with Gasteiger partial charge in [0.2, 0.25) is 0 Å². The summed E-state index contributed by atoms with van der Waals surface area (Å²) in [7, 11) is 0. The molecule has 1 aliphatic heterocycles. The number of aromatic nitrogens is 1. The Kier molecular flexibility index (Phi) is 5.22. The van der Waals surface area contributed by atoms with Crippen LogP contribution in [0.15, 0.2) is 42.7 Å². The van der Waals surface area contributed by atoms with Gasteiger partial charge in [0.1, 0.15) is 11.4 Å². The maximum atomic E-state index is 13.0. The van der Waals surface area contributed by atoms with Gasteiger partial charge in [-0.3, -0.25) is 4.98 Å². The lowest BCUT2D eigenvalue weighted by Crippen LogP contribution is -2.41. The lowest BCUT2D eigenvalue weighted by atomic mass is 10.0. The minimum Gasteiger partial charge on any atom is -0.488 e. The van der Waals surface area contributed by atoms with Gasteiger partial charge in [0, 0.05) is 37.1 Å². The first-order valence-electron chi connectivity index (χ1n) is 9.67. The molecular weight excluding hydrogens is 381 g/mol. The van der Waals surface area contributed by atoms with Gasteiger partial charge < -0.3 is 14.5 Å². The van der Waals surface area contributed by atoms with Crippen LogP contribution in [0.2, 0.25) is 0 Å². The Labute approximate surface area is 167 Å². The van der Waals surface area contributed by atoms with E-state index in [4.69, 9.17) is 10.00 Å². The molecule has 0 unspecified atom stereocenters. The number of benzene rings is 1. The monoisotopic (exact) mass is 402 g/mol. The minimum atomic E-state index is -4.38. The molecule has 4 rings (SSSR count). The van der Waals surface area contributed by atoms with Gasteiger partial charge in [0.05, 0.1) is 17.9 Å². The summed E-state index contributed by atoms with van der Waals surface area (Å²) in [5.41, 5.74) is 0.720.